The highest BCUT2D eigenvalue weighted by Gasteiger charge is 2.17. The van der Waals surface area contributed by atoms with Gasteiger partial charge >= 0.3 is 0 Å². The molecule has 0 unspecified atom stereocenters. The van der Waals surface area contributed by atoms with Crippen LogP contribution in [0.25, 0.3) is 22.0 Å². The van der Waals surface area contributed by atoms with Gasteiger partial charge in [0.15, 0.2) is 10.8 Å². The standard InChI is InChI=1S/C20H16N4O2S/c1-2-24-19(26)15-11-7-6-10-14(15)17(23-24)18(25)22-20-21-16(12-27-20)13-8-4-3-5-9-13/h3-12H,2H2,1H3,(H,21,22,25). The Labute approximate surface area is 159 Å². The molecule has 7 heteroatoms. The highest BCUT2D eigenvalue weighted by atomic mass is 32.1. The Balaban J connectivity index is 1.69. The number of thiazole rings is 1. The van der Waals surface area contributed by atoms with Crippen LogP contribution in [0.3, 0.4) is 0 Å². The van der Waals surface area contributed by atoms with E-state index in [-0.39, 0.29) is 17.2 Å². The van der Waals surface area contributed by atoms with E-state index in [0.717, 1.165) is 11.3 Å². The van der Waals surface area contributed by atoms with Gasteiger partial charge in [-0.3, -0.25) is 14.9 Å². The van der Waals surface area contributed by atoms with Crippen LogP contribution < -0.4 is 10.9 Å². The zero-order valence-electron chi connectivity index (χ0n) is 14.5. The molecular formula is C20H16N4O2S. The highest BCUT2D eigenvalue weighted by Crippen LogP contribution is 2.25. The van der Waals surface area contributed by atoms with Crippen molar-refractivity contribution >= 4 is 33.1 Å². The van der Waals surface area contributed by atoms with Crippen molar-refractivity contribution in [1.29, 1.82) is 0 Å². The van der Waals surface area contributed by atoms with Crippen LogP contribution >= 0.6 is 11.3 Å². The first-order chi connectivity index (χ1) is 13.2. The number of amides is 1. The van der Waals surface area contributed by atoms with Gasteiger partial charge in [-0.15, -0.1) is 11.3 Å². The smallest absolute Gasteiger partial charge is 0.278 e. The maximum absolute atomic E-state index is 12.8. The largest absolute Gasteiger partial charge is 0.296 e. The fourth-order valence-electron chi connectivity index (χ4n) is 2.85. The molecule has 0 saturated heterocycles. The molecule has 0 aliphatic rings. The number of aryl methyl sites for hydroxylation is 1. The Morgan fingerprint density at radius 2 is 1.78 bits per heavy atom. The molecular weight excluding hydrogens is 360 g/mol. The first kappa shape index (κ1) is 17.1. The molecule has 2 aromatic heterocycles. The molecule has 134 valence electrons. The highest BCUT2D eigenvalue weighted by molar-refractivity contribution is 7.14. The van der Waals surface area contributed by atoms with Gasteiger partial charge in [0.05, 0.1) is 11.1 Å². The Hall–Kier alpha value is -3.32. The summed E-state index contributed by atoms with van der Waals surface area (Å²) in [7, 11) is 0. The number of carbonyl (C=O) groups excluding carboxylic acids is 1. The number of hydrogen-bond acceptors (Lipinski definition) is 5. The number of fused-ring (bicyclic) bond motifs is 1. The fourth-order valence-corrected chi connectivity index (χ4v) is 3.56. The number of nitrogens with zero attached hydrogens (tertiary/aromatic N) is 3. The number of carbonyl (C=O) groups is 1. The lowest BCUT2D eigenvalue weighted by atomic mass is 10.1. The van der Waals surface area contributed by atoms with Crippen molar-refractivity contribution in [3.8, 4) is 11.3 Å². The average Bonchev–Trinajstić information content (AvgIpc) is 3.17. The molecule has 0 saturated carbocycles. The van der Waals surface area contributed by atoms with Crippen LogP contribution in [0.5, 0.6) is 0 Å². The van der Waals surface area contributed by atoms with Crippen molar-refractivity contribution in [2.45, 2.75) is 13.5 Å². The number of aromatic nitrogens is 3. The van der Waals surface area contributed by atoms with Crippen molar-refractivity contribution in [1.82, 2.24) is 14.8 Å². The van der Waals surface area contributed by atoms with Gasteiger partial charge in [-0.25, -0.2) is 9.67 Å². The van der Waals surface area contributed by atoms with Gasteiger partial charge in [-0.2, -0.15) is 5.10 Å². The van der Waals surface area contributed by atoms with Gasteiger partial charge < -0.3 is 0 Å². The maximum atomic E-state index is 12.8. The summed E-state index contributed by atoms with van der Waals surface area (Å²) in [6, 6.07) is 16.8. The first-order valence-electron chi connectivity index (χ1n) is 8.49. The van der Waals surface area contributed by atoms with Gasteiger partial charge in [0.25, 0.3) is 11.5 Å². The minimum Gasteiger partial charge on any atom is -0.296 e. The van der Waals surface area contributed by atoms with Crippen molar-refractivity contribution in [3.05, 3.63) is 76.0 Å². The lowest BCUT2D eigenvalue weighted by Gasteiger charge is -2.09. The van der Waals surface area contributed by atoms with Crippen LogP contribution in [-0.2, 0) is 6.54 Å². The minimum atomic E-state index is -0.387. The Kier molecular flexibility index (Phi) is 4.52. The second-order valence-corrected chi connectivity index (χ2v) is 6.73. The molecule has 6 nitrogen and oxygen atoms in total. The molecule has 0 spiro atoms. The summed E-state index contributed by atoms with van der Waals surface area (Å²) in [6.45, 7) is 2.21. The molecule has 0 atom stereocenters. The summed E-state index contributed by atoms with van der Waals surface area (Å²) in [5.74, 6) is -0.387. The van der Waals surface area contributed by atoms with Crippen LogP contribution in [0.2, 0.25) is 0 Å². The average molecular weight is 376 g/mol. The molecule has 0 aliphatic carbocycles. The minimum absolute atomic E-state index is 0.203. The molecule has 4 aromatic rings. The normalized spacial score (nSPS) is 10.9. The molecule has 4 rings (SSSR count). The van der Waals surface area contributed by atoms with Gasteiger partial charge in [-0.1, -0.05) is 48.5 Å². The monoisotopic (exact) mass is 376 g/mol. The topological polar surface area (TPSA) is 76.9 Å². The third-order valence-electron chi connectivity index (χ3n) is 4.18. The van der Waals surface area contributed by atoms with Crippen LogP contribution in [0.1, 0.15) is 17.4 Å². The number of rotatable bonds is 4. The van der Waals surface area contributed by atoms with Gasteiger partial charge in [0.1, 0.15) is 0 Å². The Morgan fingerprint density at radius 1 is 1.07 bits per heavy atom. The number of benzene rings is 2. The van der Waals surface area contributed by atoms with E-state index >= 15 is 0 Å². The molecule has 2 heterocycles. The van der Waals surface area contributed by atoms with E-state index in [1.807, 2.05) is 42.6 Å². The van der Waals surface area contributed by atoms with E-state index in [0.29, 0.717) is 22.4 Å². The van der Waals surface area contributed by atoms with Crippen molar-refractivity contribution in [3.63, 3.8) is 0 Å². The summed E-state index contributed by atoms with van der Waals surface area (Å²) < 4.78 is 1.30. The Bertz CT molecular complexity index is 1180. The Morgan fingerprint density at radius 3 is 2.52 bits per heavy atom. The van der Waals surface area contributed by atoms with Gasteiger partial charge in [0.2, 0.25) is 0 Å². The van der Waals surface area contributed by atoms with Crippen molar-refractivity contribution in [2.24, 2.45) is 0 Å². The van der Waals surface area contributed by atoms with Crippen molar-refractivity contribution < 1.29 is 4.79 Å². The van der Waals surface area contributed by atoms with E-state index in [9.17, 15) is 9.59 Å². The maximum Gasteiger partial charge on any atom is 0.278 e. The molecule has 1 amide bonds. The van der Waals surface area contributed by atoms with Crippen LogP contribution in [0.15, 0.2) is 64.8 Å². The summed E-state index contributed by atoms with van der Waals surface area (Å²) in [4.78, 5) is 29.7. The van der Waals surface area contributed by atoms with Gasteiger partial charge in [0, 0.05) is 22.9 Å². The van der Waals surface area contributed by atoms with E-state index in [1.165, 1.54) is 16.0 Å². The lowest BCUT2D eigenvalue weighted by molar-refractivity contribution is 0.102. The predicted octanol–water partition coefficient (Wildman–Crippen LogP) is 3.79. The number of anilines is 1. The zero-order valence-corrected chi connectivity index (χ0v) is 15.4. The second kappa shape index (κ2) is 7.13. The molecule has 2 aromatic carbocycles. The summed E-state index contributed by atoms with van der Waals surface area (Å²) in [5, 5.41) is 10.4. The predicted molar refractivity (Wildman–Crippen MR) is 107 cm³/mol. The molecule has 0 bridgehead atoms. The van der Waals surface area contributed by atoms with Gasteiger partial charge in [-0.05, 0) is 13.0 Å². The zero-order chi connectivity index (χ0) is 18.8. The molecule has 0 aliphatic heterocycles. The molecule has 0 radical (unpaired) electrons. The summed E-state index contributed by atoms with van der Waals surface area (Å²) in [6.07, 6.45) is 0. The van der Waals surface area contributed by atoms with Crippen LogP contribution in [-0.4, -0.2) is 20.7 Å². The van der Waals surface area contributed by atoms with Crippen LogP contribution in [0, 0.1) is 0 Å². The third kappa shape index (κ3) is 3.24. The molecule has 1 N–H and O–H groups in total. The number of nitrogens with one attached hydrogen (secondary N) is 1. The SMILES string of the molecule is CCn1nc(C(=O)Nc2nc(-c3ccccc3)cs2)c2ccccc2c1=O. The quantitative estimate of drug-likeness (QED) is 0.588. The van der Waals surface area contributed by atoms with E-state index in [4.69, 9.17) is 0 Å². The molecule has 27 heavy (non-hydrogen) atoms. The summed E-state index contributed by atoms with van der Waals surface area (Å²) >= 11 is 1.35. The molecule has 0 fully saturated rings. The fraction of sp³-hybridized carbons (Fsp3) is 0.100. The van der Waals surface area contributed by atoms with Crippen molar-refractivity contribution in [2.75, 3.05) is 5.32 Å². The van der Waals surface area contributed by atoms with Crippen LogP contribution in [0.4, 0.5) is 5.13 Å². The number of hydrogen-bond donors (Lipinski definition) is 1. The third-order valence-corrected chi connectivity index (χ3v) is 4.93. The van der Waals surface area contributed by atoms with E-state index in [1.54, 1.807) is 24.3 Å². The summed E-state index contributed by atoms with van der Waals surface area (Å²) in [5.41, 5.74) is 1.79. The first-order valence-corrected chi connectivity index (χ1v) is 9.37. The lowest BCUT2D eigenvalue weighted by Crippen LogP contribution is -2.27. The second-order valence-electron chi connectivity index (χ2n) is 5.87. The van der Waals surface area contributed by atoms with E-state index < -0.39 is 0 Å². The van der Waals surface area contributed by atoms with E-state index in [2.05, 4.69) is 15.4 Å².